The second kappa shape index (κ2) is 9.19. The molecule has 1 amide bonds. The van der Waals surface area contributed by atoms with Gasteiger partial charge in [-0.25, -0.2) is 0 Å². The van der Waals surface area contributed by atoms with Gasteiger partial charge in [-0.1, -0.05) is 36.4 Å². The number of hydrogen-bond donors (Lipinski definition) is 1. The number of hydrogen-bond acceptors (Lipinski definition) is 4. The number of halogens is 3. The van der Waals surface area contributed by atoms with Gasteiger partial charge in [0, 0.05) is 44.5 Å². The standard InChI is InChI=1S/C24H29F3N4O/c25-24(26,27)21-19(7-4-12-29-21)20(22(28)32)8-9-23(10-11-23)31-15-13-30(14-16-31)17-18-5-2-1-3-6-18/h1-7,12,20H,8-11,13-17H2,(H2,28,32). The molecule has 2 fully saturated rings. The van der Waals surface area contributed by atoms with Gasteiger partial charge in [-0.05, 0) is 42.9 Å². The van der Waals surface area contributed by atoms with Crippen LogP contribution in [0.5, 0.6) is 0 Å². The SMILES string of the molecule is NC(=O)C(CCC1(N2CCN(Cc3ccccc3)CC2)CC1)c1cccnc1C(F)(F)F. The third-order valence-corrected chi connectivity index (χ3v) is 6.84. The monoisotopic (exact) mass is 446 g/mol. The van der Waals surface area contributed by atoms with Crippen molar-refractivity contribution >= 4 is 5.91 Å². The molecule has 4 rings (SSSR count). The minimum absolute atomic E-state index is 0.0207. The zero-order chi connectivity index (χ0) is 22.8. The Bertz CT molecular complexity index is 922. The van der Waals surface area contributed by atoms with Gasteiger partial charge in [0.2, 0.25) is 5.91 Å². The van der Waals surface area contributed by atoms with Crippen molar-refractivity contribution in [1.82, 2.24) is 14.8 Å². The van der Waals surface area contributed by atoms with Crippen LogP contribution in [0.4, 0.5) is 13.2 Å². The van der Waals surface area contributed by atoms with Crippen LogP contribution in [0.2, 0.25) is 0 Å². The molecule has 1 aromatic carbocycles. The molecule has 32 heavy (non-hydrogen) atoms. The summed E-state index contributed by atoms with van der Waals surface area (Å²) in [6, 6.07) is 13.1. The predicted octanol–water partition coefficient (Wildman–Crippen LogP) is 3.80. The second-order valence-corrected chi connectivity index (χ2v) is 8.91. The van der Waals surface area contributed by atoms with Crippen molar-refractivity contribution in [1.29, 1.82) is 0 Å². The highest BCUT2D eigenvalue weighted by molar-refractivity contribution is 5.82. The number of nitrogens with zero attached hydrogens (tertiary/aromatic N) is 3. The lowest BCUT2D eigenvalue weighted by Crippen LogP contribution is -2.51. The lowest BCUT2D eigenvalue weighted by molar-refractivity contribution is -0.142. The number of amides is 1. The zero-order valence-electron chi connectivity index (χ0n) is 18.0. The molecule has 0 spiro atoms. The summed E-state index contributed by atoms with van der Waals surface area (Å²) in [5.41, 5.74) is 5.69. The van der Waals surface area contributed by atoms with Crippen molar-refractivity contribution in [2.75, 3.05) is 26.2 Å². The van der Waals surface area contributed by atoms with Gasteiger partial charge in [0.05, 0.1) is 5.92 Å². The van der Waals surface area contributed by atoms with Crippen molar-refractivity contribution in [3.8, 4) is 0 Å². The topological polar surface area (TPSA) is 62.5 Å². The van der Waals surface area contributed by atoms with E-state index in [-0.39, 0.29) is 11.1 Å². The molecule has 2 aliphatic rings. The highest BCUT2D eigenvalue weighted by atomic mass is 19.4. The van der Waals surface area contributed by atoms with Crippen molar-refractivity contribution in [2.45, 2.75) is 49.9 Å². The molecule has 1 atom stereocenters. The summed E-state index contributed by atoms with van der Waals surface area (Å²) in [6.07, 6.45) is -0.537. The Labute approximate surface area is 186 Å². The van der Waals surface area contributed by atoms with E-state index in [2.05, 4.69) is 26.9 Å². The Balaban J connectivity index is 1.37. The van der Waals surface area contributed by atoms with E-state index in [4.69, 9.17) is 5.73 Å². The summed E-state index contributed by atoms with van der Waals surface area (Å²) in [4.78, 5) is 20.5. The van der Waals surface area contributed by atoms with E-state index >= 15 is 0 Å². The minimum Gasteiger partial charge on any atom is -0.369 e. The number of alkyl halides is 3. The Hall–Kier alpha value is -2.45. The van der Waals surface area contributed by atoms with Gasteiger partial charge in [-0.15, -0.1) is 0 Å². The number of piperazine rings is 1. The van der Waals surface area contributed by atoms with Crippen LogP contribution in [0, 0.1) is 0 Å². The fourth-order valence-electron chi connectivity index (χ4n) is 4.89. The van der Waals surface area contributed by atoms with E-state index in [1.54, 1.807) is 0 Å². The number of nitrogens with two attached hydrogens (primary N) is 1. The molecule has 0 radical (unpaired) electrons. The molecule has 1 aromatic heterocycles. The van der Waals surface area contributed by atoms with Gasteiger partial charge < -0.3 is 5.73 Å². The third kappa shape index (κ3) is 5.13. The van der Waals surface area contributed by atoms with Gasteiger partial charge in [0.25, 0.3) is 0 Å². The van der Waals surface area contributed by atoms with Gasteiger partial charge in [0.15, 0.2) is 0 Å². The van der Waals surface area contributed by atoms with Gasteiger partial charge in [0.1, 0.15) is 5.69 Å². The smallest absolute Gasteiger partial charge is 0.369 e. The first-order valence-electron chi connectivity index (χ1n) is 11.1. The number of carbonyl (C=O) groups excluding carboxylic acids is 1. The Morgan fingerprint density at radius 1 is 1.06 bits per heavy atom. The normalized spacial score (nSPS) is 20.1. The van der Waals surface area contributed by atoms with Crippen LogP contribution in [-0.2, 0) is 17.5 Å². The number of rotatable bonds is 8. The van der Waals surface area contributed by atoms with Crippen molar-refractivity contribution in [3.05, 3.63) is 65.5 Å². The highest BCUT2D eigenvalue weighted by Gasteiger charge is 2.49. The van der Waals surface area contributed by atoms with Crippen LogP contribution in [0.25, 0.3) is 0 Å². The number of primary amides is 1. The summed E-state index contributed by atoms with van der Waals surface area (Å²) in [6.45, 7) is 4.68. The molecule has 0 bridgehead atoms. The lowest BCUT2D eigenvalue weighted by Gasteiger charge is -2.40. The minimum atomic E-state index is -4.61. The Kier molecular flexibility index (Phi) is 6.53. The van der Waals surface area contributed by atoms with Crippen molar-refractivity contribution in [3.63, 3.8) is 0 Å². The first-order valence-corrected chi connectivity index (χ1v) is 11.1. The molecule has 8 heteroatoms. The molecule has 2 N–H and O–H groups in total. The van der Waals surface area contributed by atoms with Crippen LogP contribution in [0.3, 0.4) is 0 Å². The van der Waals surface area contributed by atoms with Crippen LogP contribution in [-0.4, -0.2) is 52.4 Å². The molecule has 1 saturated heterocycles. The molecule has 1 aliphatic heterocycles. The molecular formula is C24H29F3N4O. The summed E-state index contributed by atoms with van der Waals surface area (Å²) < 4.78 is 40.2. The highest BCUT2D eigenvalue weighted by Crippen LogP contribution is 2.48. The molecular weight excluding hydrogens is 417 g/mol. The van der Waals surface area contributed by atoms with E-state index in [1.807, 2.05) is 18.2 Å². The number of benzene rings is 1. The summed E-state index contributed by atoms with van der Waals surface area (Å²) in [5.74, 6) is -1.72. The number of pyridine rings is 1. The van der Waals surface area contributed by atoms with E-state index in [0.29, 0.717) is 12.8 Å². The Morgan fingerprint density at radius 2 is 1.75 bits per heavy atom. The molecule has 5 nitrogen and oxygen atoms in total. The van der Waals surface area contributed by atoms with E-state index in [9.17, 15) is 18.0 Å². The fourth-order valence-corrected chi connectivity index (χ4v) is 4.89. The van der Waals surface area contributed by atoms with Crippen LogP contribution in [0.15, 0.2) is 48.7 Å². The molecule has 1 aliphatic carbocycles. The first-order chi connectivity index (χ1) is 15.3. The molecule has 2 aromatic rings. The van der Waals surface area contributed by atoms with Gasteiger partial charge >= 0.3 is 6.18 Å². The van der Waals surface area contributed by atoms with E-state index in [0.717, 1.165) is 51.8 Å². The quantitative estimate of drug-likeness (QED) is 0.670. The van der Waals surface area contributed by atoms with Gasteiger partial charge in [-0.2, -0.15) is 13.2 Å². The zero-order valence-corrected chi connectivity index (χ0v) is 18.0. The lowest BCUT2D eigenvalue weighted by atomic mass is 9.89. The van der Waals surface area contributed by atoms with Crippen molar-refractivity contribution in [2.24, 2.45) is 5.73 Å². The summed E-state index contributed by atoms with van der Waals surface area (Å²) in [7, 11) is 0. The van der Waals surface area contributed by atoms with Crippen LogP contribution in [0.1, 0.15) is 48.4 Å². The van der Waals surface area contributed by atoms with E-state index in [1.165, 1.54) is 17.7 Å². The maximum atomic E-state index is 13.4. The van der Waals surface area contributed by atoms with Crippen LogP contribution < -0.4 is 5.73 Å². The fraction of sp³-hybridized carbons (Fsp3) is 0.500. The largest absolute Gasteiger partial charge is 0.433 e. The second-order valence-electron chi connectivity index (χ2n) is 8.91. The van der Waals surface area contributed by atoms with Gasteiger partial charge in [-0.3, -0.25) is 19.6 Å². The average Bonchev–Trinajstić information content (AvgIpc) is 3.56. The molecule has 1 saturated carbocycles. The predicted molar refractivity (Wildman–Crippen MR) is 116 cm³/mol. The molecule has 172 valence electrons. The maximum absolute atomic E-state index is 13.4. The Morgan fingerprint density at radius 3 is 2.34 bits per heavy atom. The van der Waals surface area contributed by atoms with E-state index < -0.39 is 23.7 Å². The van der Waals surface area contributed by atoms with Crippen molar-refractivity contribution < 1.29 is 18.0 Å². The molecule has 1 unspecified atom stereocenters. The average molecular weight is 447 g/mol. The number of aromatic nitrogens is 1. The molecule has 2 heterocycles. The maximum Gasteiger partial charge on any atom is 0.433 e. The summed E-state index contributed by atoms with van der Waals surface area (Å²) in [5, 5.41) is 0. The third-order valence-electron chi connectivity index (χ3n) is 6.84. The first kappa shape index (κ1) is 22.7. The summed E-state index contributed by atoms with van der Waals surface area (Å²) >= 11 is 0. The number of carbonyl (C=O) groups is 1. The van der Waals surface area contributed by atoms with Crippen LogP contribution >= 0.6 is 0 Å².